The van der Waals surface area contributed by atoms with E-state index >= 15 is 0 Å². The molecule has 2 heterocycles. The maximum Gasteiger partial charge on any atom is 0.219 e. The minimum absolute atomic E-state index is 0.140. The van der Waals surface area contributed by atoms with Crippen LogP contribution in [0.25, 0.3) is 0 Å². The molecule has 0 unspecified atom stereocenters. The molecule has 4 heteroatoms. The first kappa shape index (κ1) is 15.5. The predicted octanol–water partition coefficient (Wildman–Crippen LogP) is 1.94. The largest absolute Gasteiger partial charge is 0.370 e. The van der Waals surface area contributed by atoms with E-state index in [9.17, 15) is 4.79 Å². The lowest BCUT2D eigenvalue weighted by atomic mass is 9.90. The quantitative estimate of drug-likeness (QED) is 0.855. The van der Waals surface area contributed by atoms with Crippen molar-refractivity contribution in [2.24, 2.45) is 0 Å². The van der Waals surface area contributed by atoms with Crippen molar-refractivity contribution in [2.45, 2.75) is 31.8 Å². The molecule has 2 aliphatic heterocycles. The smallest absolute Gasteiger partial charge is 0.219 e. The van der Waals surface area contributed by atoms with Gasteiger partial charge < -0.3 is 14.5 Å². The fourth-order valence-electron chi connectivity index (χ4n) is 3.67. The monoisotopic (exact) mass is 302 g/mol. The van der Waals surface area contributed by atoms with Crippen molar-refractivity contribution in [2.75, 3.05) is 39.3 Å². The molecule has 0 radical (unpaired) electrons. The Labute approximate surface area is 133 Å². The summed E-state index contributed by atoms with van der Waals surface area (Å²) in [6, 6.07) is 10.6. The fourth-order valence-corrected chi connectivity index (χ4v) is 3.67. The average Bonchev–Trinajstić information content (AvgIpc) is 2.54. The minimum atomic E-state index is -0.140. The van der Waals surface area contributed by atoms with Gasteiger partial charge in [-0.15, -0.1) is 0 Å². The number of morpholine rings is 1. The second-order valence-electron chi connectivity index (χ2n) is 6.59. The van der Waals surface area contributed by atoms with E-state index in [1.165, 1.54) is 5.56 Å². The van der Waals surface area contributed by atoms with Gasteiger partial charge in [0, 0.05) is 26.6 Å². The van der Waals surface area contributed by atoms with Crippen molar-refractivity contribution in [3.63, 3.8) is 0 Å². The zero-order valence-electron chi connectivity index (χ0n) is 13.5. The molecule has 0 aliphatic carbocycles. The van der Waals surface area contributed by atoms with Crippen LogP contribution < -0.4 is 0 Å². The van der Waals surface area contributed by atoms with Crippen LogP contribution in [0.1, 0.15) is 25.3 Å². The van der Waals surface area contributed by atoms with Gasteiger partial charge in [-0.2, -0.15) is 0 Å². The van der Waals surface area contributed by atoms with E-state index in [2.05, 4.69) is 35.2 Å². The number of piperidine rings is 1. The van der Waals surface area contributed by atoms with Crippen molar-refractivity contribution >= 4 is 5.91 Å². The Morgan fingerprint density at radius 1 is 1.23 bits per heavy atom. The van der Waals surface area contributed by atoms with Gasteiger partial charge in [0.15, 0.2) is 0 Å². The Morgan fingerprint density at radius 3 is 2.82 bits per heavy atom. The number of ether oxygens (including phenoxy) is 1. The van der Waals surface area contributed by atoms with Gasteiger partial charge in [-0.1, -0.05) is 30.3 Å². The van der Waals surface area contributed by atoms with E-state index < -0.39 is 0 Å². The maximum atomic E-state index is 11.7. The van der Waals surface area contributed by atoms with Crippen molar-refractivity contribution in [3.8, 4) is 0 Å². The van der Waals surface area contributed by atoms with Crippen LogP contribution in [0.4, 0.5) is 0 Å². The SMILES string of the molecule is CC(=O)N1CCO[C@@]2(CCCN(CCc3ccccc3)C2)C1. The number of carbonyl (C=O) groups is 1. The average molecular weight is 302 g/mol. The van der Waals surface area contributed by atoms with Crippen LogP contribution in [0.5, 0.6) is 0 Å². The molecule has 22 heavy (non-hydrogen) atoms. The van der Waals surface area contributed by atoms with Gasteiger partial charge >= 0.3 is 0 Å². The number of benzene rings is 1. The van der Waals surface area contributed by atoms with Crippen LogP contribution >= 0.6 is 0 Å². The van der Waals surface area contributed by atoms with Crippen molar-refractivity contribution < 1.29 is 9.53 Å². The molecule has 0 saturated carbocycles. The summed E-state index contributed by atoms with van der Waals surface area (Å²) in [6.07, 6.45) is 3.30. The maximum absolute atomic E-state index is 11.7. The molecule has 0 bridgehead atoms. The third-order valence-electron chi connectivity index (χ3n) is 4.87. The van der Waals surface area contributed by atoms with E-state index in [1.807, 2.05) is 4.90 Å². The summed E-state index contributed by atoms with van der Waals surface area (Å²) < 4.78 is 6.13. The molecule has 1 aromatic carbocycles. The molecule has 2 fully saturated rings. The van der Waals surface area contributed by atoms with Gasteiger partial charge in [-0.05, 0) is 31.4 Å². The number of amides is 1. The Balaban J connectivity index is 1.58. The number of hydrogen-bond donors (Lipinski definition) is 0. The van der Waals surface area contributed by atoms with Crippen LogP contribution in [0, 0.1) is 0 Å². The molecule has 2 saturated heterocycles. The number of rotatable bonds is 3. The van der Waals surface area contributed by atoms with Crippen LogP contribution in [-0.4, -0.2) is 60.6 Å². The molecule has 1 spiro atoms. The minimum Gasteiger partial charge on any atom is -0.370 e. The molecule has 1 atom stereocenters. The lowest BCUT2D eigenvalue weighted by molar-refractivity contribution is -0.159. The third kappa shape index (κ3) is 3.68. The Kier molecular flexibility index (Phi) is 4.79. The number of carbonyl (C=O) groups excluding carboxylic acids is 1. The number of nitrogens with zero attached hydrogens (tertiary/aromatic N) is 2. The highest BCUT2D eigenvalue weighted by molar-refractivity contribution is 5.73. The summed E-state index contributed by atoms with van der Waals surface area (Å²) in [5.41, 5.74) is 1.25. The summed E-state index contributed by atoms with van der Waals surface area (Å²) in [6.45, 7) is 6.98. The van der Waals surface area contributed by atoms with E-state index in [0.29, 0.717) is 6.61 Å². The van der Waals surface area contributed by atoms with E-state index in [0.717, 1.165) is 52.0 Å². The summed E-state index contributed by atoms with van der Waals surface area (Å²) in [5.74, 6) is 0.170. The molecule has 1 aromatic rings. The molecule has 3 rings (SSSR count). The van der Waals surface area contributed by atoms with Crippen LogP contribution in [-0.2, 0) is 16.0 Å². The van der Waals surface area contributed by atoms with Gasteiger partial charge in [-0.25, -0.2) is 0 Å². The van der Waals surface area contributed by atoms with E-state index in [-0.39, 0.29) is 11.5 Å². The molecule has 0 aromatic heterocycles. The summed E-state index contributed by atoms with van der Waals surface area (Å²) in [7, 11) is 0. The van der Waals surface area contributed by atoms with Gasteiger partial charge in [0.25, 0.3) is 0 Å². The van der Waals surface area contributed by atoms with Crippen molar-refractivity contribution in [3.05, 3.63) is 35.9 Å². The zero-order valence-corrected chi connectivity index (χ0v) is 13.5. The summed E-state index contributed by atoms with van der Waals surface area (Å²) in [4.78, 5) is 16.1. The summed E-state index contributed by atoms with van der Waals surface area (Å²) >= 11 is 0. The topological polar surface area (TPSA) is 32.8 Å². The number of hydrogen-bond acceptors (Lipinski definition) is 3. The second kappa shape index (κ2) is 6.80. The third-order valence-corrected chi connectivity index (χ3v) is 4.87. The lowest BCUT2D eigenvalue weighted by Crippen LogP contribution is -2.60. The second-order valence-corrected chi connectivity index (χ2v) is 6.59. The van der Waals surface area contributed by atoms with Crippen LogP contribution in [0.3, 0.4) is 0 Å². The zero-order chi connectivity index (χ0) is 15.4. The van der Waals surface area contributed by atoms with Crippen LogP contribution in [0.15, 0.2) is 30.3 Å². The fraction of sp³-hybridized carbons (Fsp3) is 0.611. The summed E-state index contributed by atoms with van der Waals surface area (Å²) in [5, 5.41) is 0. The Morgan fingerprint density at radius 2 is 2.05 bits per heavy atom. The molecule has 4 nitrogen and oxygen atoms in total. The van der Waals surface area contributed by atoms with E-state index in [4.69, 9.17) is 4.74 Å². The first-order valence-corrected chi connectivity index (χ1v) is 8.33. The highest BCUT2D eigenvalue weighted by Crippen LogP contribution is 2.29. The molecular weight excluding hydrogens is 276 g/mol. The molecule has 0 N–H and O–H groups in total. The molecule has 1 amide bonds. The highest BCUT2D eigenvalue weighted by Gasteiger charge is 2.40. The van der Waals surface area contributed by atoms with Gasteiger partial charge in [0.05, 0.1) is 18.8 Å². The van der Waals surface area contributed by atoms with Crippen molar-refractivity contribution in [1.29, 1.82) is 0 Å². The molecular formula is C18H26N2O2. The predicted molar refractivity (Wildman–Crippen MR) is 86.8 cm³/mol. The standard InChI is InChI=1S/C18H26N2O2/c1-16(21)20-12-13-22-18(15-20)9-5-10-19(14-18)11-8-17-6-3-2-4-7-17/h2-4,6-7H,5,8-15H2,1H3/t18-/m1/s1. The Bertz CT molecular complexity index is 501. The molecule has 2 aliphatic rings. The van der Waals surface area contributed by atoms with Gasteiger partial charge in [0.2, 0.25) is 5.91 Å². The highest BCUT2D eigenvalue weighted by atomic mass is 16.5. The van der Waals surface area contributed by atoms with E-state index in [1.54, 1.807) is 6.92 Å². The lowest BCUT2D eigenvalue weighted by Gasteiger charge is -2.48. The first-order chi connectivity index (χ1) is 10.7. The van der Waals surface area contributed by atoms with Gasteiger partial charge in [0.1, 0.15) is 0 Å². The number of likely N-dealkylation sites (tertiary alicyclic amines) is 1. The first-order valence-electron chi connectivity index (χ1n) is 8.33. The molecule has 120 valence electrons. The van der Waals surface area contributed by atoms with Crippen LogP contribution in [0.2, 0.25) is 0 Å². The normalized spacial score (nSPS) is 26.3. The van der Waals surface area contributed by atoms with Crippen molar-refractivity contribution in [1.82, 2.24) is 9.80 Å². The van der Waals surface area contributed by atoms with Gasteiger partial charge in [-0.3, -0.25) is 4.79 Å². The Hall–Kier alpha value is -1.39.